The third kappa shape index (κ3) is 2.73. The Labute approximate surface area is 128 Å². The Kier molecular flexibility index (Phi) is 4.23. The van der Waals surface area contributed by atoms with Gasteiger partial charge >= 0.3 is 6.09 Å². The Balaban J connectivity index is 2.69. The minimum absolute atomic E-state index is 0.0228. The van der Waals surface area contributed by atoms with Gasteiger partial charge in [-0.1, -0.05) is 18.2 Å². The van der Waals surface area contributed by atoms with Gasteiger partial charge in [0.15, 0.2) is 0 Å². The van der Waals surface area contributed by atoms with Crippen LogP contribution < -0.4 is 4.90 Å². The second-order valence-electron chi connectivity index (χ2n) is 4.21. The van der Waals surface area contributed by atoms with Gasteiger partial charge in [0.1, 0.15) is 0 Å². The van der Waals surface area contributed by atoms with E-state index in [0.717, 1.165) is 4.90 Å². The zero-order valence-electron chi connectivity index (χ0n) is 10.8. The van der Waals surface area contributed by atoms with Gasteiger partial charge in [0.25, 0.3) is 5.69 Å². The average molecular weight is 351 g/mol. The van der Waals surface area contributed by atoms with E-state index in [1.54, 1.807) is 18.2 Å². The number of non-ortho nitro benzene ring substituents is 1. The molecule has 0 aliphatic rings. The molecule has 1 N–H and O–H groups in total. The van der Waals surface area contributed by atoms with E-state index in [1.165, 1.54) is 18.2 Å². The van der Waals surface area contributed by atoms with E-state index in [-0.39, 0.29) is 12.2 Å². The van der Waals surface area contributed by atoms with Gasteiger partial charge in [0, 0.05) is 22.5 Å². The predicted molar refractivity (Wildman–Crippen MR) is 83.9 cm³/mol. The average Bonchev–Trinajstić information content (AvgIpc) is 2.45. The molecule has 0 aliphatic carbocycles. The predicted octanol–water partition coefficient (Wildman–Crippen LogP) is 4.18. The van der Waals surface area contributed by atoms with E-state index in [0.29, 0.717) is 20.9 Å². The molecule has 0 saturated heterocycles. The number of halogens is 1. The molecular formula is C14H11BrN2O4. The summed E-state index contributed by atoms with van der Waals surface area (Å²) < 4.78 is 0.493. The lowest BCUT2D eigenvalue weighted by Crippen LogP contribution is -2.29. The molecule has 7 heteroatoms. The summed E-state index contributed by atoms with van der Waals surface area (Å²) in [6.45, 7) is 3.65. The summed E-state index contributed by atoms with van der Waals surface area (Å²) in [5.41, 5.74) is 0.390. The number of amides is 1. The Morgan fingerprint density at radius 3 is 2.67 bits per heavy atom. The number of nitro groups is 1. The molecule has 0 fully saturated rings. The van der Waals surface area contributed by atoms with Crippen LogP contribution in [0, 0.1) is 10.1 Å². The summed E-state index contributed by atoms with van der Waals surface area (Å²) >= 11 is 3.34. The second kappa shape index (κ2) is 5.92. The lowest BCUT2D eigenvalue weighted by atomic mass is 10.1. The van der Waals surface area contributed by atoms with E-state index in [2.05, 4.69) is 22.5 Å². The molecule has 0 atom stereocenters. The number of nitrogens with zero attached hydrogens (tertiary/aromatic N) is 2. The zero-order valence-corrected chi connectivity index (χ0v) is 12.4. The van der Waals surface area contributed by atoms with Crippen molar-refractivity contribution in [3.8, 4) is 0 Å². The van der Waals surface area contributed by atoms with E-state index < -0.39 is 11.0 Å². The summed E-state index contributed by atoms with van der Waals surface area (Å²) in [7, 11) is 0. The first-order valence-electron chi connectivity index (χ1n) is 5.94. The van der Waals surface area contributed by atoms with Crippen molar-refractivity contribution in [3.05, 3.63) is 57.6 Å². The highest BCUT2D eigenvalue weighted by molar-refractivity contribution is 9.10. The molecule has 2 rings (SSSR count). The molecule has 6 nitrogen and oxygen atoms in total. The zero-order chi connectivity index (χ0) is 15.6. The molecule has 0 saturated carbocycles. The Bertz CT molecular complexity index is 745. The first-order chi connectivity index (χ1) is 9.97. The van der Waals surface area contributed by atoms with Crippen LogP contribution >= 0.6 is 15.9 Å². The lowest BCUT2D eigenvalue weighted by Gasteiger charge is -2.19. The van der Waals surface area contributed by atoms with Crippen LogP contribution in [0.1, 0.15) is 0 Å². The summed E-state index contributed by atoms with van der Waals surface area (Å²) in [6.07, 6.45) is 0.346. The number of carbonyl (C=O) groups is 1. The molecular weight excluding hydrogens is 340 g/mol. The van der Waals surface area contributed by atoms with Crippen LogP contribution in [0.15, 0.2) is 47.5 Å². The second-order valence-corrected chi connectivity index (χ2v) is 5.00. The van der Waals surface area contributed by atoms with Gasteiger partial charge in [-0.15, -0.1) is 6.58 Å². The highest BCUT2D eigenvalue weighted by atomic mass is 79.9. The van der Waals surface area contributed by atoms with Crippen LogP contribution in [0.4, 0.5) is 16.2 Å². The first-order valence-corrected chi connectivity index (χ1v) is 6.73. The molecule has 0 spiro atoms. The van der Waals surface area contributed by atoms with E-state index in [9.17, 15) is 20.0 Å². The van der Waals surface area contributed by atoms with Crippen molar-refractivity contribution in [1.29, 1.82) is 0 Å². The van der Waals surface area contributed by atoms with Gasteiger partial charge in [-0.05, 0) is 28.1 Å². The molecule has 0 bridgehead atoms. The maximum Gasteiger partial charge on any atom is 0.412 e. The molecule has 2 aromatic carbocycles. The van der Waals surface area contributed by atoms with Crippen LogP contribution in [0.2, 0.25) is 0 Å². The van der Waals surface area contributed by atoms with Gasteiger partial charge in [-0.3, -0.25) is 15.0 Å². The Morgan fingerprint density at radius 2 is 2.10 bits per heavy atom. The highest BCUT2D eigenvalue weighted by Gasteiger charge is 2.20. The van der Waals surface area contributed by atoms with Crippen molar-refractivity contribution in [1.82, 2.24) is 0 Å². The van der Waals surface area contributed by atoms with Crippen LogP contribution in [-0.4, -0.2) is 22.7 Å². The minimum atomic E-state index is -1.12. The van der Waals surface area contributed by atoms with Crippen LogP contribution in [0.3, 0.4) is 0 Å². The fourth-order valence-corrected chi connectivity index (χ4v) is 2.76. The van der Waals surface area contributed by atoms with Crippen LogP contribution in [-0.2, 0) is 0 Å². The van der Waals surface area contributed by atoms with E-state index in [4.69, 9.17) is 0 Å². The van der Waals surface area contributed by atoms with E-state index in [1.807, 2.05) is 0 Å². The molecule has 1 amide bonds. The standard InChI is InChI=1S/C14H11BrN2O4/c1-2-8-16(14(18)19)12-7-6-9-10(13(12)15)4-3-5-11(9)17(20)21/h2-7H,1,8H2,(H,18,19). The summed E-state index contributed by atoms with van der Waals surface area (Å²) in [5, 5.41) is 21.3. The fourth-order valence-electron chi connectivity index (χ4n) is 2.07. The maximum atomic E-state index is 11.3. The van der Waals surface area contributed by atoms with Crippen LogP contribution in [0.5, 0.6) is 0 Å². The molecule has 0 unspecified atom stereocenters. The molecule has 2 aromatic rings. The Morgan fingerprint density at radius 1 is 1.38 bits per heavy atom. The number of anilines is 1. The smallest absolute Gasteiger partial charge is 0.412 e. The number of fused-ring (bicyclic) bond motifs is 1. The first kappa shape index (κ1) is 15.0. The van der Waals surface area contributed by atoms with Crippen LogP contribution in [0.25, 0.3) is 10.8 Å². The number of hydrogen-bond donors (Lipinski definition) is 1. The fraction of sp³-hybridized carbons (Fsp3) is 0.0714. The third-order valence-corrected chi connectivity index (χ3v) is 3.82. The quantitative estimate of drug-likeness (QED) is 0.509. The molecule has 0 aliphatic heterocycles. The number of benzene rings is 2. The number of hydrogen-bond acceptors (Lipinski definition) is 3. The maximum absolute atomic E-state index is 11.3. The van der Waals surface area contributed by atoms with Crippen molar-refractivity contribution < 1.29 is 14.8 Å². The molecule has 21 heavy (non-hydrogen) atoms. The van der Waals surface area contributed by atoms with Crippen molar-refractivity contribution in [2.24, 2.45) is 0 Å². The normalized spacial score (nSPS) is 10.3. The van der Waals surface area contributed by atoms with Gasteiger partial charge in [0.05, 0.1) is 16.0 Å². The number of nitro benzene ring substituents is 1. The van der Waals surface area contributed by atoms with Gasteiger partial charge < -0.3 is 5.11 Å². The van der Waals surface area contributed by atoms with Gasteiger partial charge in [-0.25, -0.2) is 4.79 Å². The summed E-state index contributed by atoms with van der Waals surface area (Å²) in [4.78, 5) is 23.0. The van der Waals surface area contributed by atoms with Crippen molar-refractivity contribution in [3.63, 3.8) is 0 Å². The summed E-state index contributed by atoms with van der Waals surface area (Å²) in [5.74, 6) is 0. The van der Waals surface area contributed by atoms with E-state index >= 15 is 0 Å². The minimum Gasteiger partial charge on any atom is -0.465 e. The third-order valence-electron chi connectivity index (χ3n) is 2.98. The monoisotopic (exact) mass is 350 g/mol. The highest BCUT2D eigenvalue weighted by Crippen LogP contribution is 2.37. The van der Waals surface area contributed by atoms with Gasteiger partial charge in [0.2, 0.25) is 0 Å². The number of rotatable bonds is 4. The molecule has 108 valence electrons. The Hall–Kier alpha value is -2.41. The van der Waals surface area contributed by atoms with Crippen molar-refractivity contribution in [2.45, 2.75) is 0 Å². The van der Waals surface area contributed by atoms with Gasteiger partial charge in [-0.2, -0.15) is 0 Å². The lowest BCUT2D eigenvalue weighted by molar-refractivity contribution is -0.383. The van der Waals surface area contributed by atoms with Crippen molar-refractivity contribution >= 4 is 44.2 Å². The SMILES string of the molecule is C=CCN(C(=O)O)c1ccc2c([N+](=O)[O-])cccc2c1Br. The largest absolute Gasteiger partial charge is 0.465 e. The summed E-state index contributed by atoms with van der Waals surface area (Å²) in [6, 6.07) is 7.76. The molecule has 0 heterocycles. The molecule has 0 radical (unpaired) electrons. The number of carboxylic acid groups (broad SMARTS) is 1. The molecule has 0 aromatic heterocycles. The topological polar surface area (TPSA) is 83.7 Å². The van der Waals surface area contributed by atoms with Crippen molar-refractivity contribution in [2.75, 3.05) is 11.4 Å².